The van der Waals surface area contributed by atoms with Gasteiger partial charge in [0.15, 0.2) is 5.78 Å². The fourth-order valence-corrected chi connectivity index (χ4v) is 1.24. The maximum Gasteiger partial charge on any atom is 0.255 e. The third-order valence-electron chi connectivity index (χ3n) is 2.22. The molecule has 5 heteroatoms. The second kappa shape index (κ2) is 5.25. The fraction of sp³-hybridized carbons (Fsp3) is 0.364. The van der Waals surface area contributed by atoms with Crippen LogP contribution in [0.1, 0.15) is 30.6 Å². The van der Waals surface area contributed by atoms with Gasteiger partial charge in [-0.15, -0.1) is 0 Å². The van der Waals surface area contributed by atoms with Gasteiger partial charge in [-0.05, 0) is 13.0 Å². The van der Waals surface area contributed by atoms with E-state index in [1.54, 1.807) is 13.8 Å². The lowest BCUT2D eigenvalue weighted by atomic mass is 10.1. The molecule has 0 radical (unpaired) electrons. The van der Waals surface area contributed by atoms with Crippen LogP contribution in [-0.2, 0) is 4.79 Å². The number of hydrogen-bond donors (Lipinski definition) is 2. The molecule has 5 nitrogen and oxygen atoms in total. The topological polar surface area (TPSA) is 79.3 Å². The second-order valence-corrected chi connectivity index (χ2v) is 3.41. The summed E-state index contributed by atoms with van der Waals surface area (Å²) in [7, 11) is 0. The molecule has 0 saturated carbocycles. The number of carbonyl (C=O) groups excluding carboxylic acids is 2. The summed E-state index contributed by atoms with van der Waals surface area (Å²) in [6, 6.07) is 0.846. The third kappa shape index (κ3) is 2.79. The number of aromatic nitrogens is 1. The van der Waals surface area contributed by atoms with Gasteiger partial charge in [-0.2, -0.15) is 0 Å². The number of nitrogens with one attached hydrogen (secondary N) is 1. The minimum absolute atomic E-state index is 0.0538. The Morgan fingerprint density at radius 3 is 2.81 bits per heavy atom. The summed E-state index contributed by atoms with van der Waals surface area (Å²) in [4.78, 5) is 26.6. The number of amides is 1. The number of rotatable bonds is 4. The molecule has 0 aliphatic heterocycles. The van der Waals surface area contributed by atoms with Crippen LogP contribution in [0, 0.1) is 0 Å². The lowest BCUT2D eigenvalue weighted by Gasteiger charge is -2.12. The van der Waals surface area contributed by atoms with Gasteiger partial charge >= 0.3 is 0 Å². The van der Waals surface area contributed by atoms with Crippen molar-refractivity contribution < 1.29 is 14.7 Å². The summed E-state index contributed by atoms with van der Waals surface area (Å²) in [5.41, 5.74) is 0.116. The van der Waals surface area contributed by atoms with Crippen molar-refractivity contribution >= 4 is 11.7 Å². The van der Waals surface area contributed by atoms with Crippen molar-refractivity contribution in [2.24, 2.45) is 0 Å². The molecule has 16 heavy (non-hydrogen) atoms. The molecule has 0 aliphatic rings. The third-order valence-corrected chi connectivity index (χ3v) is 2.22. The first-order valence-electron chi connectivity index (χ1n) is 5.02. The quantitative estimate of drug-likeness (QED) is 0.792. The molecule has 0 bridgehead atoms. The van der Waals surface area contributed by atoms with E-state index in [0.717, 1.165) is 0 Å². The van der Waals surface area contributed by atoms with Gasteiger partial charge in [0.1, 0.15) is 5.75 Å². The smallest absolute Gasteiger partial charge is 0.255 e. The van der Waals surface area contributed by atoms with E-state index in [-0.39, 0.29) is 17.1 Å². The van der Waals surface area contributed by atoms with E-state index < -0.39 is 11.9 Å². The highest BCUT2D eigenvalue weighted by atomic mass is 16.3. The van der Waals surface area contributed by atoms with Crippen molar-refractivity contribution in [3.05, 3.63) is 24.0 Å². The van der Waals surface area contributed by atoms with E-state index in [1.165, 1.54) is 18.5 Å². The molecule has 2 N–H and O–H groups in total. The summed E-state index contributed by atoms with van der Waals surface area (Å²) in [5.74, 6) is -0.729. The molecule has 0 saturated heterocycles. The molecule has 0 aromatic carbocycles. The molecule has 1 heterocycles. The van der Waals surface area contributed by atoms with Gasteiger partial charge in [-0.1, -0.05) is 6.92 Å². The lowest BCUT2D eigenvalue weighted by molar-refractivity contribution is -0.120. The Hall–Kier alpha value is -1.91. The Bertz CT molecular complexity index is 404. The monoisotopic (exact) mass is 222 g/mol. The highest BCUT2D eigenvalue weighted by Crippen LogP contribution is 2.13. The summed E-state index contributed by atoms with van der Waals surface area (Å²) < 4.78 is 0. The maximum absolute atomic E-state index is 11.6. The zero-order valence-corrected chi connectivity index (χ0v) is 9.23. The molecule has 0 fully saturated rings. The Kier molecular flexibility index (Phi) is 3.99. The molecule has 86 valence electrons. The van der Waals surface area contributed by atoms with E-state index in [4.69, 9.17) is 0 Å². The highest BCUT2D eigenvalue weighted by molar-refractivity contribution is 5.99. The molecular weight excluding hydrogens is 208 g/mol. The highest BCUT2D eigenvalue weighted by Gasteiger charge is 2.16. The zero-order valence-electron chi connectivity index (χ0n) is 9.23. The molecule has 1 aromatic heterocycles. The van der Waals surface area contributed by atoms with Crippen LogP contribution in [-0.4, -0.2) is 27.8 Å². The summed E-state index contributed by atoms with van der Waals surface area (Å²) in [6.45, 7) is 3.34. The summed E-state index contributed by atoms with van der Waals surface area (Å²) >= 11 is 0. The first-order chi connectivity index (χ1) is 7.56. The predicted molar refractivity (Wildman–Crippen MR) is 58.1 cm³/mol. The largest absolute Gasteiger partial charge is 0.505 e. The van der Waals surface area contributed by atoms with Gasteiger partial charge in [0.2, 0.25) is 0 Å². The first kappa shape index (κ1) is 12.2. The SMILES string of the molecule is CCC(=O)C(C)NC(=O)c1ccncc1O. The number of nitrogens with zero attached hydrogens (tertiary/aromatic N) is 1. The number of pyridine rings is 1. The average Bonchev–Trinajstić information content (AvgIpc) is 2.28. The number of aromatic hydroxyl groups is 1. The van der Waals surface area contributed by atoms with Crippen LogP contribution in [0.5, 0.6) is 5.75 Å². The number of ketones is 1. The van der Waals surface area contributed by atoms with E-state index in [9.17, 15) is 14.7 Å². The van der Waals surface area contributed by atoms with E-state index in [1.807, 2.05) is 0 Å². The minimum Gasteiger partial charge on any atom is -0.505 e. The van der Waals surface area contributed by atoms with Crippen molar-refractivity contribution in [3.8, 4) is 5.75 Å². The van der Waals surface area contributed by atoms with E-state index in [2.05, 4.69) is 10.3 Å². The molecule has 0 aliphatic carbocycles. The first-order valence-corrected chi connectivity index (χ1v) is 5.02. The Morgan fingerprint density at radius 1 is 1.56 bits per heavy atom. The molecule has 1 unspecified atom stereocenters. The normalized spacial score (nSPS) is 11.9. The maximum atomic E-state index is 11.6. The fourth-order valence-electron chi connectivity index (χ4n) is 1.24. The van der Waals surface area contributed by atoms with Crippen LogP contribution in [0.2, 0.25) is 0 Å². The van der Waals surface area contributed by atoms with Crippen LogP contribution in [0.25, 0.3) is 0 Å². The van der Waals surface area contributed by atoms with Crippen molar-refractivity contribution in [1.29, 1.82) is 0 Å². The Balaban J connectivity index is 2.73. The number of Topliss-reactive ketones (excluding diaryl/α,β-unsaturated/α-hetero) is 1. The Labute approximate surface area is 93.5 Å². The van der Waals surface area contributed by atoms with Gasteiger partial charge in [-0.3, -0.25) is 14.6 Å². The minimum atomic E-state index is -0.551. The van der Waals surface area contributed by atoms with E-state index >= 15 is 0 Å². The van der Waals surface area contributed by atoms with Crippen molar-refractivity contribution in [1.82, 2.24) is 10.3 Å². The second-order valence-electron chi connectivity index (χ2n) is 3.41. The number of hydrogen-bond acceptors (Lipinski definition) is 4. The van der Waals surface area contributed by atoms with Crippen molar-refractivity contribution in [2.75, 3.05) is 0 Å². The summed E-state index contributed by atoms with van der Waals surface area (Å²) in [5, 5.41) is 11.9. The zero-order chi connectivity index (χ0) is 12.1. The predicted octanol–water partition coefficient (Wildman–Crippen LogP) is 0.885. The van der Waals surface area contributed by atoms with E-state index in [0.29, 0.717) is 6.42 Å². The number of carbonyl (C=O) groups is 2. The van der Waals surface area contributed by atoms with Crippen LogP contribution < -0.4 is 5.32 Å². The van der Waals surface area contributed by atoms with Gasteiger partial charge in [0.25, 0.3) is 5.91 Å². The van der Waals surface area contributed by atoms with Crippen molar-refractivity contribution in [3.63, 3.8) is 0 Å². The summed E-state index contributed by atoms with van der Waals surface area (Å²) in [6.07, 6.45) is 2.95. The van der Waals surface area contributed by atoms with Crippen LogP contribution in [0.3, 0.4) is 0 Å². The molecular formula is C11H14N2O3. The standard InChI is InChI=1S/C11H14N2O3/c1-3-9(14)7(2)13-11(16)8-4-5-12-6-10(8)15/h4-7,15H,3H2,1-2H3,(H,13,16). The Morgan fingerprint density at radius 2 is 2.25 bits per heavy atom. The van der Waals surface area contributed by atoms with Gasteiger partial charge in [0, 0.05) is 12.6 Å². The van der Waals surface area contributed by atoms with Crippen LogP contribution in [0.15, 0.2) is 18.5 Å². The van der Waals surface area contributed by atoms with Crippen LogP contribution >= 0.6 is 0 Å². The lowest BCUT2D eigenvalue weighted by Crippen LogP contribution is -2.38. The molecule has 1 aromatic rings. The van der Waals surface area contributed by atoms with Gasteiger partial charge in [0.05, 0.1) is 17.8 Å². The van der Waals surface area contributed by atoms with Gasteiger partial charge < -0.3 is 10.4 Å². The van der Waals surface area contributed by atoms with Crippen molar-refractivity contribution in [2.45, 2.75) is 26.3 Å². The molecule has 1 rings (SSSR count). The van der Waals surface area contributed by atoms with Gasteiger partial charge in [-0.25, -0.2) is 0 Å². The molecule has 1 amide bonds. The van der Waals surface area contributed by atoms with Crippen LogP contribution in [0.4, 0.5) is 0 Å². The molecule has 1 atom stereocenters. The average molecular weight is 222 g/mol. The molecule has 0 spiro atoms.